The second kappa shape index (κ2) is 6.26. The number of ether oxygens (including phenoxy) is 1. The summed E-state index contributed by atoms with van der Waals surface area (Å²) in [6.07, 6.45) is 1.44. The molecule has 104 valence electrons. The number of carbonyl (C=O) groups is 1. The van der Waals surface area contributed by atoms with Crippen LogP contribution in [0, 0.1) is 0 Å². The quantitative estimate of drug-likeness (QED) is 0.870. The first kappa shape index (κ1) is 14.2. The van der Waals surface area contributed by atoms with Gasteiger partial charge in [0, 0.05) is 17.6 Å². The smallest absolute Gasteiger partial charge is 0.263 e. The number of nitrogens with zero attached hydrogens (tertiary/aromatic N) is 1. The van der Waals surface area contributed by atoms with Crippen molar-refractivity contribution in [1.29, 1.82) is 0 Å². The van der Waals surface area contributed by atoms with Gasteiger partial charge in [-0.25, -0.2) is 0 Å². The largest absolute Gasteiger partial charge is 0.481 e. The first-order chi connectivity index (χ1) is 9.11. The maximum Gasteiger partial charge on any atom is 0.263 e. The number of aliphatic hydroxyl groups excluding tert-OH is 1. The van der Waals surface area contributed by atoms with E-state index in [0.717, 1.165) is 12.8 Å². The molecule has 1 amide bonds. The number of amides is 1. The highest BCUT2D eigenvalue weighted by atomic mass is 35.5. The van der Waals surface area contributed by atoms with Gasteiger partial charge in [0.2, 0.25) is 0 Å². The summed E-state index contributed by atoms with van der Waals surface area (Å²) in [7, 11) is 0. The summed E-state index contributed by atoms with van der Waals surface area (Å²) in [4.78, 5) is 14.0. The molecule has 0 bridgehead atoms. The summed E-state index contributed by atoms with van der Waals surface area (Å²) in [5.74, 6) is 0.490. The Labute approximate surface area is 117 Å². The molecule has 4 nitrogen and oxygen atoms in total. The second-order valence-electron chi connectivity index (χ2n) is 4.70. The lowest BCUT2D eigenvalue weighted by atomic mass is 10.3. The summed E-state index contributed by atoms with van der Waals surface area (Å²) < 4.78 is 5.60. The van der Waals surface area contributed by atoms with E-state index >= 15 is 0 Å². The predicted octanol–water partition coefficient (Wildman–Crippen LogP) is 2.09. The summed E-state index contributed by atoms with van der Waals surface area (Å²) in [5, 5.41) is 9.59. The van der Waals surface area contributed by atoms with Gasteiger partial charge in [0.1, 0.15) is 5.75 Å². The van der Waals surface area contributed by atoms with E-state index in [1.54, 1.807) is 36.1 Å². The number of hydrogen-bond donors (Lipinski definition) is 1. The van der Waals surface area contributed by atoms with Crippen LogP contribution >= 0.6 is 11.6 Å². The molecular formula is C14H18ClNO3. The van der Waals surface area contributed by atoms with E-state index in [9.17, 15) is 4.79 Å². The molecule has 0 aromatic heterocycles. The van der Waals surface area contributed by atoms with Crippen LogP contribution in [0.25, 0.3) is 0 Å². The van der Waals surface area contributed by atoms with E-state index in [4.69, 9.17) is 21.4 Å². The first-order valence-corrected chi connectivity index (χ1v) is 6.83. The number of aliphatic hydroxyl groups is 1. The van der Waals surface area contributed by atoms with Crippen molar-refractivity contribution in [2.75, 3.05) is 13.2 Å². The zero-order valence-electron chi connectivity index (χ0n) is 10.9. The molecule has 5 heteroatoms. The van der Waals surface area contributed by atoms with Crippen LogP contribution in [-0.2, 0) is 4.79 Å². The van der Waals surface area contributed by atoms with Crippen molar-refractivity contribution >= 4 is 17.5 Å². The standard InChI is InChI=1S/C14H18ClNO3/c1-10(19-13-4-2-3-11(15)9-13)14(18)16(7-8-17)12-5-6-12/h2-4,9-10,12,17H,5-8H2,1H3. The van der Waals surface area contributed by atoms with Gasteiger partial charge in [0.25, 0.3) is 5.91 Å². The lowest BCUT2D eigenvalue weighted by Gasteiger charge is -2.25. The third-order valence-corrected chi connectivity index (χ3v) is 3.30. The molecule has 1 aromatic rings. The molecule has 1 fully saturated rings. The Hall–Kier alpha value is -1.26. The second-order valence-corrected chi connectivity index (χ2v) is 5.14. The molecule has 1 aliphatic carbocycles. The summed E-state index contributed by atoms with van der Waals surface area (Å²) in [5.41, 5.74) is 0. The minimum absolute atomic E-state index is 0.0217. The molecule has 1 atom stereocenters. The van der Waals surface area contributed by atoms with E-state index < -0.39 is 6.10 Å². The lowest BCUT2D eigenvalue weighted by Crippen LogP contribution is -2.43. The van der Waals surface area contributed by atoms with Crippen molar-refractivity contribution in [3.8, 4) is 5.75 Å². The Bertz CT molecular complexity index is 448. The maximum absolute atomic E-state index is 12.3. The van der Waals surface area contributed by atoms with Crippen LogP contribution in [-0.4, -0.2) is 41.2 Å². The van der Waals surface area contributed by atoms with Gasteiger partial charge >= 0.3 is 0 Å². The van der Waals surface area contributed by atoms with Gasteiger partial charge in [-0.05, 0) is 38.0 Å². The SMILES string of the molecule is CC(Oc1cccc(Cl)c1)C(=O)N(CCO)C1CC1. The van der Waals surface area contributed by atoms with Crippen LogP contribution in [0.3, 0.4) is 0 Å². The van der Waals surface area contributed by atoms with Crippen LogP contribution < -0.4 is 4.74 Å². The van der Waals surface area contributed by atoms with Gasteiger partial charge in [0.15, 0.2) is 6.10 Å². The van der Waals surface area contributed by atoms with Gasteiger partial charge in [0.05, 0.1) is 6.61 Å². The van der Waals surface area contributed by atoms with Crippen molar-refractivity contribution in [1.82, 2.24) is 4.90 Å². The van der Waals surface area contributed by atoms with Crippen molar-refractivity contribution in [2.24, 2.45) is 0 Å². The molecule has 0 radical (unpaired) electrons. The van der Waals surface area contributed by atoms with Crippen molar-refractivity contribution < 1.29 is 14.6 Å². The summed E-state index contributed by atoms with van der Waals surface area (Å²) in [6.45, 7) is 2.06. The fourth-order valence-electron chi connectivity index (χ4n) is 2.00. The number of carbonyl (C=O) groups excluding carboxylic acids is 1. The molecular weight excluding hydrogens is 266 g/mol. The summed E-state index contributed by atoms with van der Waals surface area (Å²) >= 11 is 5.87. The normalized spacial score (nSPS) is 15.9. The lowest BCUT2D eigenvalue weighted by molar-refractivity contribution is -0.139. The number of rotatable bonds is 6. The van der Waals surface area contributed by atoms with Gasteiger partial charge in [-0.3, -0.25) is 4.79 Å². The highest BCUT2D eigenvalue weighted by Gasteiger charge is 2.34. The zero-order chi connectivity index (χ0) is 13.8. The van der Waals surface area contributed by atoms with E-state index in [2.05, 4.69) is 0 Å². The molecule has 1 saturated carbocycles. The molecule has 19 heavy (non-hydrogen) atoms. The number of hydrogen-bond acceptors (Lipinski definition) is 3. The van der Waals surface area contributed by atoms with Crippen LogP contribution in [0.4, 0.5) is 0 Å². The van der Waals surface area contributed by atoms with Gasteiger partial charge in [-0.15, -0.1) is 0 Å². The van der Waals surface area contributed by atoms with E-state index in [1.165, 1.54) is 0 Å². The Morgan fingerprint density at radius 3 is 2.89 bits per heavy atom. The predicted molar refractivity (Wildman–Crippen MR) is 73.4 cm³/mol. The first-order valence-electron chi connectivity index (χ1n) is 6.45. The Morgan fingerprint density at radius 1 is 1.58 bits per heavy atom. The fraction of sp³-hybridized carbons (Fsp3) is 0.500. The molecule has 0 heterocycles. The van der Waals surface area contributed by atoms with Gasteiger partial charge in [-0.1, -0.05) is 17.7 Å². The Balaban J connectivity index is 1.98. The molecule has 1 N–H and O–H groups in total. The monoisotopic (exact) mass is 283 g/mol. The minimum atomic E-state index is -0.578. The zero-order valence-corrected chi connectivity index (χ0v) is 11.6. The van der Waals surface area contributed by atoms with E-state index in [0.29, 0.717) is 17.3 Å². The number of halogens is 1. The minimum Gasteiger partial charge on any atom is -0.481 e. The van der Waals surface area contributed by atoms with Crippen molar-refractivity contribution in [3.63, 3.8) is 0 Å². The number of benzene rings is 1. The Morgan fingerprint density at radius 2 is 2.32 bits per heavy atom. The topological polar surface area (TPSA) is 49.8 Å². The van der Waals surface area contributed by atoms with Crippen molar-refractivity contribution in [3.05, 3.63) is 29.3 Å². The van der Waals surface area contributed by atoms with Crippen LogP contribution in [0.15, 0.2) is 24.3 Å². The average molecular weight is 284 g/mol. The Kier molecular flexibility index (Phi) is 4.66. The molecule has 0 aliphatic heterocycles. The fourth-order valence-corrected chi connectivity index (χ4v) is 2.18. The summed E-state index contributed by atoms with van der Waals surface area (Å²) in [6, 6.07) is 7.25. The molecule has 1 unspecified atom stereocenters. The molecule has 0 spiro atoms. The van der Waals surface area contributed by atoms with Crippen LogP contribution in [0.1, 0.15) is 19.8 Å². The van der Waals surface area contributed by atoms with E-state index in [-0.39, 0.29) is 18.6 Å². The highest BCUT2D eigenvalue weighted by Crippen LogP contribution is 2.27. The highest BCUT2D eigenvalue weighted by molar-refractivity contribution is 6.30. The molecule has 2 rings (SSSR count). The van der Waals surface area contributed by atoms with Crippen molar-refractivity contribution in [2.45, 2.75) is 31.9 Å². The van der Waals surface area contributed by atoms with Crippen LogP contribution in [0.2, 0.25) is 5.02 Å². The third kappa shape index (κ3) is 3.85. The van der Waals surface area contributed by atoms with Gasteiger partial charge < -0.3 is 14.7 Å². The van der Waals surface area contributed by atoms with Crippen LogP contribution in [0.5, 0.6) is 5.75 Å². The third-order valence-electron chi connectivity index (χ3n) is 3.07. The maximum atomic E-state index is 12.3. The molecule has 0 saturated heterocycles. The van der Waals surface area contributed by atoms with Gasteiger partial charge in [-0.2, -0.15) is 0 Å². The average Bonchev–Trinajstić information content (AvgIpc) is 3.19. The van der Waals surface area contributed by atoms with E-state index in [1.807, 2.05) is 0 Å². The molecule has 1 aliphatic rings. The molecule has 1 aromatic carbocycles.